The van der Waals surface area contributed by atoms with Crippen molar-refractivity contribution in [1.29, 1.82) is 0 Å². The molecule has 1 aromatic carbocycles. The summed E-state index contributed by atoms with van der Waals surface area (Å²) in [5.74, 6) is -1.13. The second-order valence-electron chi connectivity index (χ2n) is 3.62. The molecule has 1 heterocycles. The molecule has 0 bridgehead atoms. The molecule has 0 saturated heterocycles. The van der Waals surface area contributed by atoms with Crippen LogP contribution in [-0.2, 0) is 4.79 Å². The third-order valence-corrected chi connectivity index (χ3v) is 3.89. The number of nitrogens with zero attached hydrogens (tertiary/aromatic N) is 1. The van der Waals surface area contributed by atoms with Crippen LogP contribution >= 0.6 is 34.5 Å². The van der Waals surface area contributed by atoms with Gasteiger partial charge in [0.25, 0.3) is 0 Å². The number of carboxylic acids is 1. The summed E-state index contributed by atoms with van der Waals surface area (Å²) >= 11 is 13.2. The maximum Gasteiger partial charge on any atom is 0.326 e. The van der Waals surface area contributed by atoms with Crippen LogP contribution in [0.15, 0.2) is 23.6 Å². The van der Waals surface area contributed by atoms with Crippen molar-refractivity contribution >= 4 is 51.3 Å². The van der Waals surface area contributed by atoms with Crippen LogP contribution in [0, 0.1) is 0 Å². The molecule has 5 nitrogen and oxygen atoms in total. The molecule has 0 radical (unpaired) electrons. The summed E-state index contributed by atoms with van der Waals surface area (Å²) in [6.07, 6.45) is 0. The first-order valence-electron chi connectivity index (χ1n) is 5.14. The number of benzene rings is 1. The highest BCUT2D eigenvalue weighted by atomic mass is 35.5. The second kappa shape index (κ2) is 5.75. The lowest BCUT2D eigenvalue weighted by molar-refractivity contribution is -0.138. The van der Waals surface area contributed by atoms with Gasteiger partial charge in [-0.05, 0) is 12.1 Å². The number of carboxylic acid groups (broad SMARTS) is 1. The Bertz CT molecular complexity index is 618. The van der Waals surface area contributed by atoms with Crippen molar-refractivity contribution in [2.75, 3.05) is 5.32 Å². The van der Waals surface area contributed by atoms with Gasteiger partial charge in [-0.3, -0.25) is 4.79 Å². The quantitative estimate of drug-likeness (QED) is 0.805. The Morgan fingerprint density at radius 3 is 2.89 bits per heavy atom. The monoisotopic (exact) mass is 317 g/mol. The molecule has 1 unspecified atom stereocenters. The number of halogens is 2. The van der Waals surface area contributed by atoms with E-state index in [2.05, 4.69) is 10.3 Å². The highest BCUT2D eigenvalue weighted by molar-refractivity contribution is 7.13. The van der Waals surface area contributed by atoms with Gasteiger partial charge in [0.1, 0.15) is 6.04 Å². The standard InChI is InChI=1S/C11H9Cl2N3O2S/c12-5-2-1-3-6(8(5)13)15-11-16-7(4-19-11)9(14)10(17)18/h1-4,9H,14H2,(H,15,16)(H,17,18). The van der Waals surface area contributed by atoms with Crippen LogP contribution in [0.5, 0.6) is 0 Å². The number of hydrogen-bond acceptors (Lipinski definition) is 5. The maximum absolute atomic E-state index is 10.7. The van der Waals surface area contributed by atoms with E-state index in [-0.39, 0.29) is 5.69 Å². The summed E-state index contributed by atoms with van der Waals surface area (Å²) in [6.45, 7) is 0. The Morgan fingerprint density at radius 2 is 2.21 bits per heavy atom. The highest BCUT2D eigenvalue weighted by Crippen LogP contribution is 2.32. The summed E-state index contributed by atoms with van der Waals surface area (Å²) in [6, 6.07) is 4.02. The molecule has 100 valence electrons. The van der Waals surface area contributed by atoms with Gasteiger partial charge in [0.2, 0.25) is 0 Å². The molecule has 1 atom stereocenters. The molecule has 1 aromatic heterocycles. The smallest absolute Gasteiger partial charge is 0.326 e. The lowest BCUT2D eigenvalue weighted by Crippen LogP contribution is -2.20. The maximum atomic E-state index is 10.7. The fourth-order valence-electron chi connectivity index (χ4n) is 1.33. The van der Waals surface area contributed by atoms with Crippen LogP contribution in [-0.4, -0.2) is 16.1 Å². The van der Waals surface area contributed by atoms with Gasteiger partial charge in [0, 0.05) is 5.38 Å². The molecule has 4 N–H and O–H groups in total. The second-order valence-corrected chi connectivity index (χ2v) is 5.26. The first-order chi connectivity index (χ1) is 8.99. The van der Waals surface area contributed by atoms with Crippen LogP contribution in [0.3, 0.4) is 0 Å². The van der Waals surface area contributed by atoms with Gasteiger partial charge in [0.05, 0.1) is 21.4 Å². The van der Waals surface area contributed by atoms with E-state index in [1.54, 1.807) is 23.6 Å². The third kappa shape index (κ3) is 3.16. The minimum Gasteiger partial charge on any atom is -0.480 e. The molecular formula is C11H9Cl2N3O2S. The molecular weight excluding hydrogens is 309 g/mol. The van der Waals surface area contributed by atoms with Crippen molar-refractivity contribution in [3.8, 4) is 0 Å². The van der Waals surface area contributed by atoms with Gasteiger partial charge in [-0.25, -0.2) is 4.98 Å². The number of nitrogens with two attached hydrogens (primary N) is 1. The van der Waals surface area contributed by atoms with Gasteiger partial charge in [-0.1, -0.05) is 29.3 Å². The Balaban J connectivity index is 2.20. The number of aliphatic carboxylic acids is 1. The average Bonchev–Trinajstić information content (AvgIpc) is 2.82. The molecule has 8 heteroatoms. The summed E-state index contributed by atoms with van der Waals surface area (Å²) in [7, 11) is 0. The first-order valence-corrected chi connectivity index (χ1v) is 6.77. The summed E-state index contributed by atoms with van der Waals surface area (Å²) in [5.41, 5.74) is 6.35. The average molecular weight is 318 g/mol. The number of aromatic nitrogens is 1. The summed E-state index contributed by atoms with van der Waals surface area (Å²) in [5, 5.41) is 14.6. The van der Waals surface area contributed by atoms with E-state index < -0.39 is 12.0 Å². The number of thiazole rings is 1. The SMILES string of the molecule is NC(C(=O)O)c1csc(Nc2cccc(Cl)c2Cl)n1. The number of carbonyl (C=O) groups is 1. The van der Waals surface area contributed by atoms with Crippen molar-refractivity contribution in [2.45, 2.75) is 6.04 Å². The summed E-state index contributed by atoms with van der Waals surface area (Å²) in [4.78, 5) is 14.8. The minimum absolute atomic E-state index is 0.290. The zero-order valence-corrected chi connectivity index (χ0v) is 11.8. The molecule has 0 fully saturated rings. The van der Waals surface area contributed by atoms with E-state index in [1.165, 1.54) is 11.3 Å². The van der Waals surface area contributed by atoms with Gasteiger partial charge in [0.15, 0.2) is 5.13 Å². The van der Waals surface area contributed by atoms with Crippen molar-refractivity contribution in [2.24, 2.45) is 5.73 Å². The summed E-state index contributed by atoms with van der Waals surface area (Å²) < 4.78 is 0. The van der Waals surface area contributed by atoms with E-state index in [0.717, 1.165) is 0 Å². The lowest BCUT2D eigenvalue weighted by atomic mass is 10.2. The Kier molecular flexibility index (Phi) is 4.26. The van der Waals surface area contributed by atoms with Gasteiger partial charge in [-0.2, -0.15) is 0 Å². The Morgan fingerprint density at radius 1 is 1.47 bits per heavy atom. The number of rotatable bonds is 4. The molecule has 2 aromatic rings. The van der Waals surface area contributed by atoms with Crippen LogP contribution in [0.25, 0.3) is 0 Å². The van der Waals surface area contributed by atoms with Crippen molar-refractivity contribution in [3.63, 3.8) is 0 Å². The minimum atomic E-state index is -1.14. The van der Waals surface area contributed by atoms with Crippen molar-refractivity contribution in [1.82, 2.24) is 4.98 Å². The largest absolute Gasteiger partial charge is 0.480 e. The molecule has 0 aliphatic heterocycles. The van der Waals surface area contributed by atoms with Crippen molar-refractivity contribution < 1.29 is 9.90 Å². The lowest BCUT2D eigenvalue weighted by Gasteiger charge is -2.06. The van der Waals surface area contributed by atoms with E-state index in [0.29, 0.717) is 20.9 Å². The molecule has 19 heavy (non-hydrogen) atoms. The molecule has 0 aliphatic carbocycles. The Labute approximate surface area is 123 Å². The van der Waals surface area contributed by atoms with Crippen molar-refractivity contribution in [3.05, 3.63) is 39.3 Å². The fraction of sp³-hybridized carbons (Fsp3) is 0.0909. The van der Waals surface area contributed by atoms with Gasteiger partial charge in [-0.15, -0.1) is 11.3 Å². The number of hydrogen-bond donors (Lipinski definition) is 3. The third-order valence-electron chi connectivity index (χ3n) is 2.30. The molecule has 0 saturated carbocycles. The molecule has 0 amide bonds. The molecule has 2 rings (SSSR count). The normalized spacial score (nSPS) is 12.2. The highest BCUT2D eigenvalue weighted by Gasteiger charge is 2.18. The topological polar surface area (TPSA) is 88.2 Å². The van der Waals surface area contributed by atoms with Crippen LogP contribution < -0.4 is 11.1 Å². The van der Waals surface area contributed by atoms with E-state index in [4.69, 9.17) is 34.0 Å². The molecule has 0 aliphatic rings. The number of nitrogens with one attached hydrogen (secondary N) is 1. The zero-order chi connectivity index (χ0) is 14.0. The predicted molar refractivity (Wildman–Crippen MR) is 76.4 cm³/mol. The zero-order valence-electron chi connectivity index (χ0n) is 9.43. The predicted octanol–water partition coefficient (Wildman–Crippen LogP) is 3.28. The van der Waals surface area contributed by atoms with E-state index >= 15 is 0 Å². The molecule has 0 spiro atoms. The van der Waals surface area contributed by atoms with Gasteiger partial charge >= 0.3 is 5.97 Å². The van der Waals surface area contributed by atoms with Crippen LogP contribution in [0.1, 0.15) is 11.7 Å². The Hall–Kier alpha value is -1.34. The number of anilines is 2. The van der Waals surface area contributed by atoms with Gasteiger partial charge < -0.3 is 16.2 Å². The van der Waals surface area contributed by atoms with Crippen LogP contribution in [0.4, 0.5) is 10.8 Å². The van der Waals surface area contributed by atoms with Crippen LogP contribution in [0.2, 0.25) is 10.0 Å². The van der Waals surface area contributed by atoms with E-state index in [1.807, 2.05) is 0 Å². The van der Waals surface area contributed by atoms with E-state index in [9.17, 15) is 4.79 Å². The first kappa shape index (κ1) is 14.1. The fourth-order valence-corrected chi connectivity index (χ4v) is 2.43.